The van der Waals surface area contributed by atoms with Gasteiger partial charge >= 0.3 is 0 Å². The van der Waals surface area contributed by atoms with E-state index in [1.54, 1.807) is 0 Å². The van der Waals surface area contributed by atoms with Crippen molar-refractivity contribution < 1.29 is 5.11 Å². The highest BCUT2D eigenvalue weighted by Gasteiger charge is 2.16. The van der Waals surface area contributed by atoms with Gasteiger partial charge in [-0.2, -0.15) is 0 Å². The number of rotatable bonds is 10. The second-order valence-corrected chi connectivity index (χ2v) is 7.94. The molecule has 0 bridgehead atoms. The van der Waals surface area contributed by atoms with Gasteiger partial charge in [0.1, 0.15) is 0 Å². The Morgan fingerprint density at radius 3 is 2.34 bits per heavy atom. The summed E-state index contributed by atoms with van der Waals surface area (Å²) < 4.78 is 0. The van der Waals surface area contributed by atoms with Crippen LogP contribution in [0, 0.1) is 0 Å². The first kappa shape index (κ1) is 21.7. The number of aliphatic hydroxyl groups excluding tert-OH is 1. The Labute approximate surface area is 178 Å². The molecule has 2 aromatic carbocycles. The van der Waals surface area contributed by atoms with Crippen molar-refractivity contribution in [3.05, 3.63) is 59.2 Å². The third-order valence-electron chi connectivity index (χ3n) is 5.21. The number of halogens is 1. The second-order valence-electron chi connectivity index (χ2n) is 7.50. The fourth-order valence-corrected chi connectivity index (χ4v) is 3.63. The maximum atomic E-state index is 11.0. The van der Waals surface area contributed by atoms with E-state index in [0.29, 0.717) is 17.4 Å². The lowest BCUT2D eigenvalue weighted by Gasteiger charge is -2.25. The monoisotopic (exact) mass is 411 g/mol. The summed E-state index contributed by atoms with van der Waals surface area (Å²) in [5.74, 6) is 0.660. The third-order valence-corrected chi connectivity index (χ3v) is 5.46. The molecule has 0 aliphatic carbocycles. The minimum absolute atomic E-state index is 0.558. The van der Waals surface area contributed by atoms with Crippen molar-refractivity contribution >= 4 is 22.5 Å². The number of hydrogen-bond donors (Lipinski definition) is 1. The van der Waals surface area contributed by atoms with Gasteiger partial charge in [-0.05, 0) is 61.8 Å². The van der Waals surface area contributed by atoms with Crippen molar-refractivity contribution in [3.63, 3.8) is 0 Å². The Bertz CT molecular complexity index is 906. The van der Waals surface area contributed by atoms with Gasteiger partial charge < -0.3 is 10.0 Å². The molecule has 1 atom stereocenters. The Hall–Kier alpha value is -2.01. The van der Waals surface area contributed by atoms with E-state index in [0.717, 1.165) is 60.8 Å². The number of fused-ring (bicyclic) bond motifs is 1. The average molecular weight is 412 g/mol. The van der Waals surface area contributed by atoms with Gasteiger partial charge in [0.15, 0.2) is 5.82 Å². The predicted molar refractivity (Wildman–Crippen MR) is 121 cm³/mol. The molecule has 0 saturated carbocycles. The molecule has 1 unspecified atom stereocenters. The lowest BCUT2D eigenvalue weighted by Crippen LogP contribution is -2.30. The number of benzene rings is 2. The summed E-state index contributed by atoms with van der Waals surface area (Å²) in [7, 11) is 0. The molecule has 1 heterocycles. The highest BCUT2D eigenvalue weighted by molar-refractivity contribution is 6.30. The zero-order chi connectivity index (χ0) is 20.6. The number of nitrogens with zero attached hydrogens (tertiary/aromatic N) is 3. The maximum Gasteiger partial charge on any atom is 0.159 e. The molecule has 0 fully saturated rings. The molecule has 0 spiro atoms. The van der Waals surface area contributed by atoms with Gasteiger partial charge in [0.25, 0.3) is 0 Å². The minimum atomic E-state index is -0.558. The van der Waals surface area contributed by atoms with Gasteiger partial charge in [0.05, 0.1) is 11.6 Å². The summed E-state index contributed by atoms with van der Waals surface area (Å²) in [5, 5.41) is 12.6. The average Bonchev–Trinajstić information content (AvgIpc) is 2.75. The van der Waals surface area contributed by atoms with E-state index in [2.05, 4.69) is 23.7 Å². The summed E-state index contributed by atoms with van der Waals surface area (Å²) in [6.45, 7) is 7.09. The Morgan fingerprint density at radius 1 is 1.00 bits per heavy atom. The van der Waals surface area contributed by atoms with Crippen molar-refractivity contribution in [1.82, 2.24) is 14.9 Å². The summed E-state index contributed by atoms with van der Waals surface area (Å²) in [6, 6.07) is 13.4. The van der Waals surface area contributed by atoms with Crippen LogP contribution >= 0.6 is 11.6 Å². The highest BCUT2D eigenvalue weighted by atomic mass is 35.5. The largest absolute Gasteiger partial charge is 0.387 e. The molecule has 0 aliphatic heterocycles. The smallest absolute Gasteiger partial charge is 0.159 e. The fourth-order valence-electron chi connectivity index (χ4n) is 3.51. The van der Waals surface area contributed by atoms with Crippen LogP contribution in [-0.4, -0.2) is 39.6 Å². The molecule has 3 rings (SSSR count). The van der Waals surface area contributed by atoms with E-state index in [1.807, 2.05) is 48.7 Å². The molecule has 4 nitrogen and oxygen atoms in total. The minimum Gasteiger partial charge on any atom is -0.387 e. The molecule has 1 N–H and O–H groups in total. The SMILES string of the molecule is CCCCN(CCCC)CC(O)c1cccc2nc(-c3ccc(Cl)cc3)ncc12. The standard InChI is InChI=1S/C24H30ClN3O/c1-3-5-14-28(15-6-4-2)17-23(29)20-8-7-9-22-21(20)16-26-24(27-22)18-10-12-19(25)13-11-18/h7-13,16,23,29H,3-6,14-15,17H2,1-2H3. The Balaban J connectivity index is 1.83. The number of unbranched alkanes of at least 4 members (excludes halogenated alkanes) is 2. The van der Waals surface area contributed by atoms with Crippen LogP contribution < -0.4 is 0 Å². The molecule has 0 aliphatic rings. The molecule has 3 aromatic rings. The lowest BCUT2D eigenvalue weighted by atomic mass is 10.0. The lowest BCUT2D eigenvalue weighted by molar-refractivity contribution is 0.112. The molecule has 0 radical (unpaired) electrons. The summed E-state index contributed by atoms with van der Waals surface area (Å²) in [5.41, 5.74) is 2.66. The van der Waals surface area contributed by atoms with Crippen LogP contribution in [0.15, 0.2) is 48.7 Å². The first-order valence-corrected chi connectivity index (χ1v) is 10.9. The van der Waals surface area contributed by atoms with Crippen LogP contribution in [0.25, 0.3) is 22.3 Å². The van der Waals surface area contributed by atoms with Crippen molar-refractivity contribution in [2.24, 2.45) is 0 Å². The van der Waals surface area contributed by atoms with Gasteiger partial charge in [-0.15, -0.1) is 0 Å². The van der Waals surface area contributed by atoms with E-state index >= 15 is 0 Å². The number of aromatic nitrogens is 2. The van der Waals surface area contributed by atoms with Crippen molar-refractivity contribution in [1.29, 1.82) is 0 Å². The van der Waals surface area contributed by atoms with Gasteiger partial charge in [-0.3, -0.25) is 0 Å². The van der Waals surface area contributed by atoms with Crippen LogP contribution in [0.2, 0.25) is 5.02 Å². The third kappa shape index (κ3) is 5.75. The summed E-state index contributed by atoms with van der Waals surface area (Å²) >= 11 is 5.98. The first-order chi connectivity index (χ1) is 14.1. The van der Waals surface area contributed by atoms with Crippen LogP contribution in [0.3, 0.4) is 0 Å². The number of hydrogen-bond acceptors (Lipinski definition) is 4. The van der Waals surface area contributed by atoms with Gasteiger partial charge in [0, 0.05) is 28.7 Å². The highest BCUT2D eigenvalue weighted by Crippen LogP contribution is 2.26. The Kier molecular flexibility index (Phi) is 7.99. The maximum absolute atomic E-state index is 11.0. The number of aliphatic hydroxyl groups is 1. The van der Waals surface area contributed by atoms with E-state index in [1.165, 1.54) is 0 Å². The molecule has 29 heavy (non-hydrogen) atoms. The van der Waals surface area contributed by atoms with Gasteiger partial charge in [-0.25, -0.2) is 9.97 Å². The van der Waals surface area contributed by atoms with Crippen molar-refractivity contribution in [3.8, 4) is 11.4 Å². The second kappa shape index (κ2) is 10.7. The summed E-state index contributed by atoms with van der Waals surface area (Å²) in [6.07, 6.45) is 5.90. The van der Waals surface area contributed by atoms with Crippen molar-refractivity contribution in [2.45, 2.75) is 45.6 Å². The van der Waals surface area contributed by atoms with E-state index in [4.69, 9.17) is 16.6 Å². The van der Waals surface area contributed by atoms with E-state index in [-0.39, 0.29) is 0 Å². The topological polar surface area (TPSA) is 49.2 Å². The molecule has 0 amide bonds. The van der Waals surface area contributed by atoms with Crippen LogP contribution in [0.4, 0.5) is 0 Å². The zero-order valence-electron chi connectivity index (χ0n) is 17.3. The van der Waals surface area contributed by atoms with Crippen molar-refractivity contribution in [2.75, 3.05) is 19.6 Å². The molecule has 1 aromatic heterocycles. The molecular formula is C24H30ClN3O. The molecule has 0 saturated heterocycles. The van der Waals surface area contributed by atoms with Gasteiger partial charge in [-0.1, -0.05) is 50.4 Å². The first-order valence-electron chi connectivity index (χ1n) is 10.5. The van der Waals surface area contributed by atoms with Crippen LogP contribution in [-0.2, 0) is 0 Å². The van der Waals surface area contributed by atoms with Gasteiger partial charge in [0.2, 0.25) is 0 Å². The van der Waals surface area contributed by atoms with Crippen LogP contribution in [0.1, 0.15) is 51.2 Å². The van der Waals surface area contributed by atoms with E-state index < -0.39 is 6.10 Å². The summed E-state index contributed by atoms with van der Waals surface area (Å²) in [4.78, 5) is 11.6. The zero-order valence-corrected chi connectivity index (χ0v) is 18.1. The Morgan fingerprint density at radius 2 is 1.69 bits per heavy atom. The quantitative estimate of drug-likeness (QED) is 0.452. The molecule has 154 valence electrons. The fraction of sp³-hybridized carbons (Fsp3) is 0.417. The molecule has 5 heteroatoms. The molecular weight excluding hydrogens is 382 g/mol. The van der Waals surface area contributed by atoms with E-state index in [9.17, 15) is 5.11 Å². The normalized spacial score (nSPS) is 12.6. The predicted octanol–water partition coefficient (Wildman–Crippen LogP) is 5.89. The van der Waals surface area contributed by atoms with Crippen LogP contribution in [0.5, 0.6) is 0 Å².